The molecular weight excluding hydrogens is 320 g/mol. The van der Waals surface area contributed by atoms with Crippen LogP contribution in [0.2, 0.25) is 5.15 Å². The normalized spacial score (nSPS) is 11.1. The van der Waals surface area contributed by atoms with Crippen molar-refractivity contribution in [2.24, 2.45) is 0 Å². The first-order valence-corrected chi connectivity index (χ1v) is 8.71. The van der Waals surface area contributed by atoms with E-state index in [2.05, 4.69) is 28.6 Å². The number of thiophene rings is 1. The van der Waals surface area contributed by atoms with Crippen molar-refractivity contribution in [2.75, 3.05) is 7.11 Å². The van der Waals surface area contributed by atoms with Gasteiger partial charge in [-0.2, -0.15) is 0 Å². The summed E-state index contributed by atoms with van der Waals surface area (Å²) in [5, 5.41) is 1.55. The molecule has 2 rings (SSSR count). The Morgan fingerprint density at radius 1 is 1.18 bits per heavy atom. The fourth-order valence-corrected chi connectivity index (χ4v) is 3.79. The van der Waals surface area contributed by atoms with Crippen molar-refractivity contribution in [1.29, 1.82) is 0 Å². The summed E-state index contributed by atoms with van der Waals surface area (Å²) in [5.41, 5.74) is 1.18. The van der Waals surface area contributed by atoms with Crippen LogP contribution in [-0.4, -0.2) is 23.0 Å². The van der Waals surface area contributed by atoms with Crippen LogP contribution in [-0.2, 0) is 16.0 Å². The zero-order valence-corrected chi connectivity index (χ0v) is 14.8. The third kappa shape index (κ3) is 4.17. The summed E-state index contributed by atoms with van der Waals surface area (Å²) in [6.45, 7) is 4.14. The number of fused-ring (bicyclic) bond motifs is 1. The highest BCUT2D eigenvalue weighted by molar-refractivity contribution is 7.18. The van der Waals surface area contributed by atoms with Crippen LogP contribution in [0.4, 0.5) is 0 Å². The first-order chi connectivity index (χ1) is 10.5. The Hall–Kier alpha value is -1.20. The second-order valence-electron chi connectivity index (χ2n) is 5.38. The SMILES string of the molecule is COC(=O)CCCCCCc1nc(Cl)c2c(C)c(C)sc2n1. The highest BCUT2D eigenvalue weighted by atomic mass is 35.5. The molecule has 0 bridgehead atoms. The molecule has 0 saturated carbocycles. The maximum Gasteiger partial charge on any atom is 0.305 e. The Morgan fingerprint density at radius 2 is 1.91 bits per heavy atom. The summed E-state index contributed by atoms with van der Waals surface area (Å²) in [6, 6.07) is 0. The molecule has 0 aliphatic heterocycles. The van der Waals surface area contributed by atoms with Crippen LogP contribution in [0.5, 0.6) is 0 Å². The van der Waals surface area contributed by atoms with Gasteiger partial charge in [-0.15, -0.1) is 11.3 Å². The summed E-state index contributed by atoms with van der Waals surface area (Å²) in [7, 11) is 1.42. The summed E-state index contributed by atoms with van der Waals surface area (Å²) in [6.07, 6.45) is 5.27. The number of nitrogens with zero attached hydrogens (tertiary/aromatic N) is 2. The van der Waals surface area contributed by atoms with Gasteiger partial charge in [-0.1, -0.05) is 24.4 Å². The minimum absolute atomic E-state index is 0.135. The van der Waals surface area contributed by atoms with Gasteiger partial charge in [0.15, 0.2) is 0 Å². The van der Waals surface area contributed by atoms with Gasteiger partial charge in [0.2, 0.25) is 0 Å². The lowest BCUT2D eigenvalue weighted by atomic mass is 10.1. The van der Waals surface area contributed by atoms with Crippen LogP contribution >= 0.6 is 22.9 Å². The first kappa shape index (κ1) is 17.2. The van der Waals surface area contributed by atoms with E-state index in [1.54, 1.807) is 11.3 Å². The smallest absolute Gasteiger partial charge is 0.305 e. The van der Waals surface area contributed by atoms with Crippen LogP contribution in [0.3, 0.4) is 0 Å². The largest absolute Gasteiger partial charge is 0.469 e. The lowest BCUT2D eigenvalue weighted by molar-refractivity contribution is -0.140. The summed E-state index contributed by atoms with van der Waals surface area (Å²) in [4.78, 5) is 22.3. The quantitative estimate of drug-likeness (QED) is 0.419. The molecule has 0 unspecified atom stereocenters. The van der Waals surface area contributed by atoms with Gasteiger partial charge in [-0.3, -0.25) is 4.79 Å². The Kier molecular flexibility index (Phi) is 6.15. The molecule has 0 atom stereocenters. The number of ether oxygens (including phenoxy) is 1. The molecule has 0 saturated heterocycles. The Labute approximate surface area is 139 Å². The van der Waals surface area contributed by atoms with E-state index in [1.165, 1.54) is 17.6 Å². The molecule has 0 N–H and O–H groups in total. The molecule has 0 aliphatic carbocycles. The van der Waals surface area contributed by atoms with E-state index in [1.807, 2.05) is 0 Å². The van der Waals surface area contributed by atoms with Crippen LogP contribution in [0.1, 0.15) is 48.4 Å². The molecule has 2 aromatic heterocycles. The van der Waals surface area contributed by atoms with Gasteiger partial charge in [0.05, 0.1) is 12.5 Å². The average molecular weight is 341 g/mol. The number of hydrogen-bond donors (Lipinski definition) is 0. The lowest BCUT2D eigenvalue weighted by Crippen LogP contribution is -1.99. The molecule has 6 heteroatoms. The molecule has 0 radical (unpaired) electrons. The molecule has 0 fully saturated rings. The van der Waals surface area contributed by atoms with E-state index in [0.29, 0.717) is 11.6 Å². The first-order valence-electron chi connectivity index (χ1n) is 7.52. The molecule has 0 spiro atoms. The predicted octanol–water partition coefficient (Wildman–Crippen LogP) is 4.63. The number of aromatic nitrogens is 2. The minimum atomic E-state index is -0.135. The predicted molar refractivity (Wildman–Crippen MR) is 90.7 cm³/mol. The fourth-order valence-electron chi connectivity index (χ4n) is 2.36. The standard InChI is InChI=1S/C16H21ClN2O2S/c1-10-11(2)22-16-14(10)15(17)18-12(19-16)8-6-4-5-7-9-13(20)21-3/h4-9H2,1-3H3. The van der Waals surface area contributed by atoms with Crippen molar-refractivity contribution in [2.45, 2.75) is 52.4 Å². The molecule has 120 valence electrons. The van der Waals surface area contributed by atoms with Crippen molar-refractivity contribution >= 4 is 39.1 Å². The second-order valence-corrected chi connectivity index (χ2v) is 6.95. The average Bonchev–Trinajstić information content (AvgIpc) is 2.77. The summed E-state index contributed by atoms with van der Waals surface area (Å²) in [5.74, 6) is 0.677. The maximum absolute atomic E-state index is 11.0. The van der Waals surface area contributed by atoms with Gasteiger partial charge in [-0.25, -0.2) is 9.97 Å². The molecule has 0 amide bonds. The molecule has 2 aromatic rings. The van der Waals surface area contributed by atoms with Crippen LogP contribution in [0.25, 0.3) is 10.2 Å². The third-order valence-corrected chi connectivity index (χ3v) is 5.16. The number of hydrogen-bond acceptors (Lipinski definition) is 5. The van der Waals surface area contributed by atoms with Gasteiger partial charge in [0, 0.05) is 17.7 Å². The number of carbonyl (C=O) groups excluding carboxylic acids is 1. The van der Waals surface area contributed by atoms with E-state index in [9.17, 15) is 4.79 Å². The molecule has 2 heterocycles. The van der Waals surface area contributed by atoms with Crippen LogP contribution < -0.4 is 0 Å². The maximum atomic E-state index is 11.0. The number of methoxy groups -OCH3 is 1. The molecule has 0 aromatic carbocycles. The zero-order valence-electron chi connectivity index (χ0n) is 13.2. The Morgan fingerprint density at radius 3 is 2.64 bits per heavy atom. The lowest BCUT2D eigenvalue weighted by Gasteiger charge is -2.03. The number of carbonyl (C=O) groups is 1. The topological polar surface area (TPSA) is 52.1 Å². The third-order valence-electron chi connectivity index (χ3n) is 3.79. The molecule has 22 heavy (non-hydrogen) atoms. The Balaban J connectivity index is 1.86. The van der Waals surface area contributed by atoms with Crippen LogP contribution in [0, 0.1) is 13.8 Å². The number of unbranched alkanes of at least 4 members (excludes halogenated alkanes) is 3. The van der Waals surface area contributed by atoms with Crippen LogP contribution in [0.15, 0.2) is 0 Å². The van der Waals surface area contributed by atoms with Gasteiger partial charge in [-0.05, 0) is 32.3 Å². The van der Waals surface area contributed by atoms with E-state index < -0.39 is 0 Å². The van der Waals surface area contributed by atoms with Gasteiger partial charge < -0.3 is 4.74 Å². The van der Waals surface area contributed by atoms with E-state index in [-0.39, 0.29) is 5.97 Å². The minimum Gasteiger partial charge on any atom is -0.469 e. The second kappa shape index (κ2) is 7.88. The molecule has 0 aliphatic rings. The number of aryl methyl sites for hydroxylation is 3. The van der Waals surface area contributed by atoms with E-state index in [4.69, 9.17) is 11.6 Å². The summed E-state index contributed by atoms with van der Waals surface area (Å²) >= 11 is 7.97. The van der Waals surface area contributed by atoms with Crippen molar-refractivity contribution in [3.05, 3.63) is 21.4 Å². The van der Waals surface area contributed by atoms with E-state index >= 15 is 0 Å². The number of rotatable bonds is 7. The molecular formula is C16H21ClN2O2S. The van der Waals surface area contributed by atoms with Gasteiger partial charge >= 0.3 is 5.97 Å². The highest BCUT2D eigenvalue weighted by Gasteiger charge is 2.12. The van der Waals surface area contributed by atoms with Crippen molar-refractivity contribution in [1.82, 2.24) is 9.97 Å². The Bertz CT molecular complexity index is 670. The fraction of sp³-hybridized carbons (Fsp3) is 0.562. The van der Waals surface area contributed by atoms with E-state index in [0.717, 1.165) is 48.1 Å². The molecule has 4 nitrogen and oxygen atoms in total. The highest BCUT2D eigenvalue weighted by Crippen LogP contribution is 2.33. The van der Waals surface area contributed by atoms with Crippen molar-refractivity contribution in [3.8, 4) is 0 Å². The monoisotopic (exact) mass is 340 g/mol. The van der Waals surface area contributed by atoms with Gasteiger partial charge in [0.25, 0.3) is 0 Å². The summed E-state index contributed by atoms with van der Waals surface area (Å²) < 4.78 is 4.62. The number of esters is 1. The number of halogens is 1. The van der Waals surface area contributed by atoms with Crippen molar-refractivity contribution in [3.63, 3.8) is 0 Å². The van der Waals surface area contributed by atoms with Crippen molar-refractivity contribution < 1.29 is 9.53 Å². The zero-order chi connectivity index (χ0) is 16.1. The van der Waals surface area contributed by atoms with Gasteiger partial charge in [0.1, 0.15) is 15.8 Å².